The van der Waals surface area contributed by atoms with Crippen LogP contribution < -0.4 is 4.74 Å². The molecule has 1 fully saturated rings. The molecule has 1 saturated carbocycles. The summed E-state index contributed by atoms with van der Waals surface area (Å²) in [5.41, 5.74) is 2.19. The van der Waals surface area contributed by atoms with Gasteiger partial charge in [0.15, 0.2) is 0 Å². The number of carbonyl (C=O) groups is 2. The Balaban J connectivity index is 1.77. The van der Waals surface area contributed by atoms with E-state index in [1.54, 1.807) is 12.1 Å². The van der Waals surface area contributed by atoms with Gasteiger partial charge >= 0.3 is 5.97 Å². The molecule has 0 aromatic heterocycles. The summed E-state index contributed by atoms with van der Waals surface area (Å²) in [5.74, 6) is 0.346. The lowest BCUT2D eigenvalue weighted by molar-refractivity contribution is -0.134. The van der Waals surface area contributed by atoms with Crippen molar-refractivity contribution in [1.82, 2.24) is 4.90 Å². The summed E-state index contributed by atoms with van der Waals surface area (Å²) in [6.45, 7) is 17.6. The second kappa shape index (κ2) is 11.6. The fraction of sp³-hybridized carbons (Fsp3) is 0.571. The number of aromatic carboxylic acids is 1. The Labute approximate surface area is 246 Å². The molecule has 1 heterocycles. The van der Waals surface area contributed by atoms with Gasteiger partial charge in [-0.05, 0) is 111 Å². The molecule has 1 aliphatic carbocycles. The van der Waals surface area contributed by atoms with Crippen LogP contribution >= 0.6 is 0 Å². The van der Waals surface area contributed by atoms with Gasteiger partial charge in [0.2, 0.25) is 0 Å². The van der Waals surface area contributed by atoms with E-state index >= 15 is 0 Å². The van der Waals surface area contributed by atoms with Crippen molar-refractivity contribution in [3.63, 3.8) is 0 Å². The van der Waals surface area contributed by atoms with E-state index in [4.69, 9.17) is 9.73 Å². The number of benzene rings is 2. The second-order valence-electron chi connectivity index (χ2n) is 14.5. The monoisotopic (exact) mass is 560 g/mol. The Bertz CT molecular complexity index is 1260. The number of ether oxygens (including phenoxy) is 1. The average molecular weight is 561 g/mol. The Morgan fingerprint density at radius 1 is 1.00 bits per heavy atom. The van der Waals surface area contributed by atoms with Gasteiger partial charge in [0.25, 0.3) is 5.91 Å². The number of rotatable bonds is 8. The molecule has 222 valence electrons. The third kappa shape index (κ3) is 7.02. The lowest BCUT2D eigenvalue weighted by Gasteiger charge is -2.47. The maximum atomic E-state index is 14.5. The number of carboxylic acid groups (broad SMARTS) is 1. The van der Waals surface area contributed by atoms with E-state index in [1.165, 1.54) is 0 Å². The van der Waals surface area contributed by atoms with Crippen LogP contribution in [-0.2, 0) is 4.79 Å². The fourth-order valence-corrected chi connectivity index (χ4v) is 6.36. The van der Waals surface area contributed by atoms with E-state index < -0.39 is 11.6 Å². The predicted octanol–water partition coefficient (Wildman–Crippen LogP) is 8.30. The molecule has 0 radical (unpaired) electrons. The van der Waals surface area contributed by atoms with E-state index in [0.717, 1.165) is 55.4 Å². The molecule has 4 rings (SSSR count). The number of aliphatic imine (C=N–C) groups is 1. The lowest BCUT2D eigenvalue weighted by Crippen LogP contribution is -2.51. The van der Waals surface area contributed by atoms with Crippen LogP contribution in [0, 0.1) is 16.7 Å². The molecule has 0 saturated heterocycles. The van der Waals surface area contributed by atoms with Crippen molar-refractivity contribution >= 4 is 17.6 Å². The molecule has 2 aromatic rings. The fourth-order valence-electron chi connectivity index (χ4n) is 6.36. The molecule has 6 nitrogen and oxygen atoms in total. The number of nitrogens with zero attached hydrogens (tertiary/aromatic N) is 2. The van der Waals surface area contributed by atoms with Gasteiger partial charge in [0.05, 0.1) is 17.7 Å². The van der Waals surface area contributed by atoms with Crippen LogP contribution in [0.5, 0.6) is 5.75 Å². The highest BCUT2D eigenvalue weighted by Crippen LogP contribution is 2.50. The first-order valence-electron chi connectivity index (χ1n) is 15.1. The summed E-state index contributed by atoms with van der Waals surface area (Å²) >= 11 is 0. The first-order valence-corrected chi connectivity index (χ1v) is 15.1. The first-order chi connectivity index (χ1) is 19.1. The molecule has 2 aromatic carbocycles. The number of hydrogen-bond acceptors (Lipinski definition) is 4. The zero-order valence-electron chi connectivity index (χ0n) is 26.2. The minimum absolute atomic E-state index is 0.0436. The number of hydrogen-bond donors (Lipinski definition) is 1. The molecule has 1 unspecified atom stereocenters. The summed E-state index contributed by atoms with van der Waals surface area (Å²) in [4.78, 5) is 33.5. The van der Waals surface area contributed by atoms with Crippen molar-refractivity contribution in [3.05, 3.63) is 65.2 Å². The highest BCUT2D eigenvalue weighted by atomic mass is 16.5. The summed E-state index contributed by atoms with van der Waals surface area (Å²) in [6.07, 6.45) is 5.41. The van der Waals surface area contributed by atoms with Crippen molar-refractivity contribution in [3.8, 4) is 5.75 Å². The Morgan fingerprint density at radius 3 is 2.07 bits per heavy atom. The quantitative estimate of drug-likeness (QED) is 0.352. The molecular weight excluding hydrogens is 512 g/mol. The molecule has 1 spiro atoms. The Morgan fingerprint density at radius 2 is 1.59 bits per heavy atom. The molecule has 41 heavy (non-hydrogen) atoms. The van der Waals surface area contributed by atoms with E-state index in [-0.39, 0.29) is 34.4 Å². The minimum atomic E-state index is -0.951. The van der Waals surface area contributed by atoms with Crippen LogP contribution in [0.4, 0.5) is 0 Å². The van der Waals surface area contributed by atoms with Gasteiger partial charge in [-0.25, -0.2) is 4.79 Å². The van der Waals surface area contributed by atoms with Crippen molar-refractivity contribution < 1.29 is 19.4 Å². The predicted molar refractivity (Wildman–Crippen MR) is 165 cm³/mol. The van der Waals surface area contributed by atoms with E-state index in [0.29, 0.717) is 11.6 Å². The first kappa shape index (κ1) is 30.8. The molecule has 1 amide bonds. The largest absolute Gasteiger partial charge is 0.491 e. The van der Waals surface area contributed by atoms with Crippen molar-refractivity contribution in [2.24, 2.45) is 21.7 Å². The van der Waals surface area contributed by atoms with Gasteiger partial charge in [-0.2, -0.15) is 0 Å². The zero-order chi connectivity index (χ0) is 30.2. The van der Waals surface area contributed by atoms with Gasteiger partial charge in [-0.1, -0.05) is 53.7 Å². The van der Waals surface area contributed by atoms with Crippen LogP contribution in [0.2, 0.25) is 0 Å². The SMILES string of the molecule is CC(C)Oc1ccc(C2=NC3(CCC(C(C)(C)C)CC3)N(C(CCC(C)(C)C)c3ccc(C(=O)O)cc3)C2=O)cc1. The molecule has 1 aliphatic heterocycles. The van der Waals surface area contributed by atoms with Gasteiger partial charge in [0, 0.05) is 5.56 Å². The summed E-state index contributed by atoms with van der Waals surface area (Å²) in [5, 5.41) is 9.50. The number of carboxylic acids is 1. The van der Waals surface area contributed by atoms with Gasteiger partial charge in [-0.15, -0.1) is 0 Å². The Kier molecular flexibility index (Phi) is 8.73. The van der Waals surface area contributed by atoms with Gasteiger partial charge < -0.3 is 14.7 Å². The van der Waals surface area contributed by atoms with E-state index in [9.17, 15) is 14.7 Å². The van der Waals surface area contributed by atoms with E-state index in [1.807, 2.05) is 50.2 Å². The molecule has 0 bridgehead atoms. The van der Waals surface area contributed by atoms with Crippen molar-refractivity contribution in [1.29, 1.82) is 0 Å². The van der Waals surface area contributed by atoms with Crippen molar-refractivity contribution in [2.45, 2.75) is 112 Å². The molecule has 1 N–H and O–H groups in total. The standard InChI is InChI=1S/C35H48N2O4/c1-23(2)41-28-15-13-25(14-16-28)30-31(38)37(35(36-30)21-17-27(18-22-35)34(6,7)8)29(19-20-33(3,4)5)24-9-11-26(12-10-24)32(39)40/h9-16,23,27,29H,17-22H2,1-8H3,(H,39,40). The summed E-state index contributed by atoms with van der Waals surface area (Å²) in [6, 6.07) is 14.6. The molecule has 1 atom stereocenters. The summed E-state index contributed by atoms with van der Waals surface area (Å²) < 4.78 is 5.84. The van der Waals surface area contributed by atoms with Crippen LogP contribution in [0.25, 0.3) is 0 Å². The lowest BCUT2D eigenvalue weighted by atomic mass is 9.69. The average Bonchev–Trinajstić information content (AvgIpc) is 3.15. The maximum Gasteiger partial charge on any atom is 0.335 e. The topological polar surface area (TPSA) is 79.2 Å². The van der Waals surface area contributed by atoms with Crippen LogP contribution in [-0.4, -0.2) is 39.4 Å². The number of amides is 1. The van der Waals surface area contributed by atoms with Gasteiger partial charge in [0.1, 0.15) is 17.1 Å². The van der Waals surface area contributed by atoms with Gasteiger partial charge in [-0.3, -0.25) is 9.79 Å². The third-order valence-electron chi connectivity index (χ3n) is 8.72. The highest BCUT2D eigenvalue weighted by Gasteiger charge is 2.52. The second-order valence-corrected chi connectivity index (χ2v) is 14.5. The smallest absolute Gasteiger partial charge is 0.335 e. The Hall–Kier alpha value is -3.15. The zero-order valence-corrected chi connectivity index (χ0v) is 26.2. The minimum Gasteiger partial charge on any atom is -0.491 e. The molecule has 6 heteroatoms. The molecular formula is C35H48N2O4. The highest BCUT2D eigenvalue weighted by molar-refractivity contribution is 6.46. The van der Waals surface area contributed by atoms with Crippen LogP contribution in [0.1, 0.15) is 121 Å². The maximum absolute atomic E-state index is 14.5. The third-order valence-corrected chi connectivity index (χ3v) is 8.72. The number of carbonyl (C=O) groups excluding carboxylic acids is 1. The van der Waals surface area contributed by atoms with Crippen LogP contribution in [0.15, 0.2) is 53.5 Å². The van der Waals surface area contributed by atoms with Crippen LogP contribution in [0.3, 0.4) is 0 Å². The normalized spacial score (nSPS) is 22.3. The van der Waals surface area contributed by atoms with E-state index in [2.05, 4.69) is 46.4 Å². The summed E-state index contributed by atoms with van der Waals surface area (Å²) in [7, 11) is 0. The van der Waals surface area contributed by atoms with Crippen molar-refractivity contribution in [2.75, 3.05) is 0 Å². The molecule has 2 aliphatic rings.